The second kappa shape index (κ2) is 11.4. The van der Waals surface area contributed by atoms with Crippen LogP contribution in [0.2, 0.25) is 0 Å². The number of carbonyl (C=O) groups is 2. The van der Waals surface area contributed by atoms with Gasteiger partial charge in [-0.05, 0) is 62.9 Å². The lowest BCUT2D eigenvalue weighted by Gasteiger charge is -2.31. The van der Waals surface area contributed by atoms with Crippen LogP contribution in [0.5, 0.6) is 17.2 Å². The van der Waals surface area contributed by atoms with E-state index in [2.05, 4.69) is 12.2 Å². The third kappa shape index (κ3) is 5.99. The minimum atomic E-state index is -3.75. The van der Waals surface area contributed by atoms with E-state index in [0.29, 0.717) is 55.2 Å². The highest BCUT2D eigenvalue weighted by atomic mass is 32.2. The number of ether oxygens (including phenoxy) is 3. The topological polar surface area (TPSA) is 114 Å². The third-order valence-electron chi connectivity index (χ3n) is 6.39. The standard InChI is InChI=1S/C26H33N3O7S/c1-4-34-19-6-8-23(35-5-2)21(14-19)27-25(30)16-29-22-15-20(7-9-24(22)36-17-26(29)31)37(32,33)28-12-10-18(3)11-13-28/h6-9,14-15,18H,4-5,10-13,16-17H2,1-3H3,(H,27,30). The largest absolute Gasteiger partial charge is 0.494 e. The molecule has 0 aliphatic carbocycles. The Hall–Kier alpha value is -3.31. The van der Waals surface area contributed by atoms with Gasteiger partial charge in [-0.2, -0.15) is 4.31 Å². The molecule has 1 saturated heterocycles. The monoisotopic (exact) mass is 531 g/mol. The number of nitrogens with zero attached hydrogens (tertiary/aromatic N) is 2. The van der Waals surface area contributed by atoms with Gasteiger partial charge in [0.1, 0.15) is 23.8 Å². The van der Waals surface area contributed by atoms with Gasteiger partial charge in [-0.1, -0.05) is 6.92 Å². The van der Waals surface area contributed by atoms with Crippen molar-refractivity contribution in [2.75, 3.05) is 49.7 Å². The first-order valence-corrected chi connectivity index (χ1v) is 13.9. The first kappa shape index (κ1) is 26.7. The summed E-state index contributed by atoms with van der Waals surface area (Å²) in [4.78, 5) is 27.1. The zero-order chi connectivity index (χ0) is 26.6. The van der Waals surface area contributed by atoms with Crippen molar-refractivity contribution >= 4 is 33.2 Å². The Balaban J connectivity index is 1.57. The molecule has 0 saturated carbocycles. The van der Waals surface area contributed by atoms with Crippen LogP contribution in [0.3, 0.4) is 0 Å². The molecule has 0 aromatic heterocycles. The zero-order valence-electron chi connectivity index (χ0n) is 21.4. The first-order chi connectivity index (χ1) is 17.7. The van der Waals surface area contributed by atoms with Gasteiger partial charge in [-0.25, -0.2) is 8.42 Å². The van der Waals surface area contributed by atoms with Gasteiger partial charge in [0.15, 0.2) is 6.61 Å². The maximum absolute atomic E-state index is 13.3. The van der Waals surface area contributed by atoms with Gasteiger partial charge < -0.3 is 19.5 Å². The second-order valence-electron chi connectivity index (χ2n) is 9.06. The number of rotatable bonds is 9. The molecule has 2 aromatic carbocycles. The predicted molar refractivity (Wildman–Crippen MR) is 139 cm³/mol. The van der Waals surface area contributed by atoms with Gasteiger partial charge in [0.05, 0.1) is 29.5 Å². The average Bonchev–Trinajstić information content (AvgIpc) is 2.87. The van der Waals surface area contributed by atoms with E-state index in [1.807, 2.05) is 13.8 Å². The summed E-state index contributed by atoms with van der Waals surface area (Å²) < 4.78 is 44.7. The van der Waals surface area contributed by atoms with Gasteiger partial charge in [-0.15, -0.1) is 0 Å². The molecular formula is C26H33N3O7S. The van der Waals surface area contributed by atoms with Crippen LogP contribution >= 0.6 is 0 Å². The van der Waals surface area contributed by atoms with E-state index in [0.717, 1.165) is 12.8 Å². The fraction of sp³-hybridized carbons (Fsp3) is 0.462. The Morgan fingerprint density at radius 1 is 1.08 bits per heavy atom. The van der Waals surface area contributed by atoms with E-state index in [1.54, 1.807) is 18.2 Å². The number of nitrogens with one attached hydrogen (secondary N) is 1. The van der Waals surface area contributed by atoms with E-state index < -0.39 is 21.8 Å². The van der Waals surface area contributed by atoms with Gasteiger partial charge in [-0.3, -0.25) is 14.5 Å². The summed E-state index contributed by atoms with van der Waals surface area (Å²) in [6, 6.07) is 9.54. The fourth-order valence-electron chi connectivity index (χ4n) is 4.37. The number of fused-ring (bicyclic) bond motifs is 1. The molecule has 2 aliphatic heterocycles. The van der Waals surface area contributed by atoms with Gasteiger partial charge >= 0.3 is 0 Å². The molecule has 0 radical (unpaired) electrons. The van der Waals surface area contributed by atoms with Crippen LogP contribution in [-0.2, 0) is 19.6 Å². The van der Waals surface area contributed by atoms with Crippen molar-refractivity contribution in [3.8, 4) is 17.2 Å². The highest BCUT2D eigenvalue weighted by Crippen LogP contribution is 2.36. The third-order valence-corrected chi connectivity index (χ3v) is 8.29. The van der Waals surface area contributed by atoms with Crippen LogP contribution in [0.4, 0.5) is 11.4 Å². The molecule has 0 bridgehead atoms. The Kier molecular flexibility index (Phi) is 8.23. The lowest BCUT2D eigenvalue weighted by Crippen LogP contribution is -2.43. The number of carbonyl (C=O) groups excluding carboxylic acids is 2. The van der Waals surface area contributed by atoms with Crippen molar-refractivity contribution in [3.05, 3.63) is 36.4 Å². The summed E-state index contributed by atoms with van der Waals surface area (Å²) in [7, 11) is -3.75. The van der Waals surface area contributed by atoms with E-state index in [1.165, 1.54) is 27.4 Å². The fourth-order valence-corrected chi connectivity index (χ4v) is 5.86. The SMILES string of the molecule is CCOc1ccc(OCC)c(NC(=O)CN2C(=O)COc3ccc(S(=O)(=O)N4CCC(C)CC4)cc32)c1. The van der Waals surface area contributed by atoms with Crippen LogP contribution < -0.4 is 24.4 Å². The Morgan fingerprint density at radius 3 is 2.51 bits per heavy atom. The average molecular weight is 532 g/mol. The summed E-state index contributed by atoms with van der Waals surface area (Å²) in [5, 5.41) is 2.79. The molecule has 2 heterocycles. The Labute approximate surface area is 217 Å². The molecule has 10 nitrogen and oxygen atoms in total. The highest BCUT2D eigenvalue weighted by molar-refractivity contribution is 7.89. The molecule has 11 heteroatoms. The maximum Gasteiger partial charge on any atom is 0.265 e. The molecule has 0 unspecified atom stereocenters. The molecule has 0 spiro atoms. The number of hydrogen-bond donors (Lipinski definition) is 1. The molecule has 1 N–H and O–H groups in total. The minimum Gasteiger partial charge on any atom is -0.494 e. The van der Waals surface area contributed by atoms with E-state index >= 15 is 0 Å². The van der Waals surface area contributed by atoms with E-state index in [9.17, 15) is 18.0 Å². The molecule has 2 aliphatic rings. The smallest absolute Gasteiger partial charge is 0.265 e. The van der Waals surface area contributed by atoms with Crippen molar-refractivity contribution in [2.45, 2.75) is 38.5 Å². The summed E-state index contributed by atoms with van der Waals surface area (Å²) >= 11 is 0. The van der Waals surface area contributed by atoms with Crippen molar-refractivity contribution in [1.82, 2.24) is 4.31 Å². The van der Waals surface area contributed by atoms with Crippen LogP contribution in [0.15, 0.2) is 41.3 Å². The van der Waals surface area contributed by atoms with Crippen LogP contribution in [0.25, 0.3) is 0 Å². The predicted octanol–water partition coefficient (Wildman–Crippen LogP) is 3.27. The van der Waals surface area contributed by atoms with Gasteiger partial charge in [0, 0.05) is 19.2 Å². The van der Waals surface area contributed by atoms with Crippen LogP contribution in [0.1, 0.15) is 33.6 Å². The number of hydrogen-bond acceptors (Lipinski definition) is 7. The lowest BCUT2D eigenvalue weighted by atomic mass is 10.0. The Morgan fingerprint density at radius 2 is 1.81 bits per heavy atom. The van der Waals surface area contributed by atoms with Crippen molar-refractivity contribution < 1.29 is 32.2 Å². The van der Waals surface area contributed by atoms with Gasteiger partial charge in [0.25, 0.3) is 5.91 Å². The lowest BCUT2D eigenvalue weighted by molar-refractivity contribution is -0.123. The van der Waals surface area contributed by atoms with Gasteiger partial charge in [0.2, 0.25) is 15.9 Å². The summed E-state index contributed by atoms with van der Waals surface area (Å²) in [6.07, 6.45) is 1.60. The normalized spacial score (nSPS) is 16.6. The number of amides is 2. The molecular weight excluding hydrogens is 498 g/mol. The highest BCUT2D eigenvalue weighted by Gasteiger charge is 2.32. The summed E-state index contributed by atoms with van der Waals surface area (Å²) in [5.74, 6) is 0.929. The van der Waals surface area contributed by atoms with Crippen molar-refractivity contribution in [3.63, 3.8) is 0 Å². The first-order valence-electron chi connectivity index (χ1n) is 12.5. The number of anilines is 2. The molecule has 4 rings (SSSR count). The second-order valence-corrected chi connectivity index (χ2v) is 11.0. The maximum atomic E-state index is 13.3. The summed E-state index contributed by atoms with van der Waals surface area (Å²) in [5.41, 5.74) is 0.653. The summed E-state index contributed by atoms with van der Waals surface area (Å²) in [6.45, 7) is 6.99. The van der Waals surface area contributed by atoms with Crippen LogP contribution in [-0.4, -0.2) is 64.0 Å². The molecule has 0 atom stereocenters. The number of piperidine rings is 1. The molecule has 1 fully saturated rings. The number of sulfonamides is 1. The van der Waals surface area contributed by atoms with E-state index in [4.69, 9.17) is 14.2 Å². The van der Waals surface area contributed by atoms with Crippen molar-refractivity contribution in [2.24, 2.45) is 5.92 Å². The van der Waals surface area contributed by atoms with E-state index in [-0.39, 0.29) is 23.7 Å². The molecule has 200 valence electrons. The Bertz CT molecular complexity index is 1260. The molecule has 2 aromatic rings. The quantitative estimate of drug-likeness (QED) is 0.528. The van der Waals surface area contributed by atoms with Crippen molar-refractivity contribution in [1.29, 1.82) is 0 Å². The zero-order valence-corrected chi connectivity index (χ0v) is 22.2. The molecule has 37 heavy (non-hydrogen) atoms. The number of benzene rings is 2. The van der Waals surface area contributed by atoms with Crippen LogP contribution in [0, 0.1) is 5.92 Å². The minimum absolute atomic E-state index is 0.0626. The molecule has 2 amide bonds.